The average Bonchev–Trinajstić information content (AvgIpc) is 3.10. The van der Waals surface area contributed by atoms with Crippen LogP contribution in [0.1, 0.15) is 10.4 Å². The van der Waals surface area contributed by atoms with Gasteiger partial charge in [-0.3, -0.25) is 4.79 Å². The minimum absolute atomic E-state index is 0.0335. The minimum atomic E-state index is -0.246. The van der Waals surface area contributed by atoms with Crippen molar-refractivity contribution >= 4 is 45.6 Å². The summed E-state index contributed by atoms with van der Waals surface area (Å²) in [6, 6.07) is 5.39. The van der Waals surface area contributed by atoms with Crippen LogP contribution < -0.4 is 5.32 Å². The fourth-order valence-corrected chi connectivity index (χ4v) is 3.35. The Labute approximate surface area is 145 Å². The van der Waals surface area contributed by atoms with Crippen molar-refractivity contribution in [3.63, 3.8) is 0 Å². The molecule has 1 aromatic carbocycles. The number of aromatic nitrogens is 5. The number of anilines is 1. The Morgan fingerprint density at radius 3 is 2.74 bits per heavy atom. The van der Waals surface area contributed by atoms with Crippen LogP contribution in [0.25, 0.3) is 0 Å². The van der Waals surface area contributed by atoms with Gasteiger partial charge in [-0.2, -0.15) is 0 Å². The van der Waals surface area contributed by atoms with Gasteiger partial charge in [-0.25, -0.2) is 9.67 Å². The fourth-order valence-electron chi connectivity index (χ4n) is 1.92. The van der Waals surface area contributed by atoms with Crippen molar-refractivity contribution in [2.24, 2.45) is 0 Å². The molecule has 3 aromatic rings. The van der Waals surface area contributed by atoms with Crippen LogP contribution in [0.4, 0.5) is 5.13 Å². The van der Waals surface area contributed by atoms with Crippen LogP contribution in [0.2, 0.25) is 10.0 Å². The first-order valence-electron chi connectivity index (χ1n) is 6.49. The summed E-state index contributed by atoms with van der Waals surface area (Å²) in [5.74, 6) is -0.246. The highest BCUT2D eigenvalue weighted by atomic mass is 35.5. The van der Waals surface area contributed by atoms with E-state index in [0.717, 1.165) is 10.4 Å². The molecule has 1 amide bonds. The normalized spacial score (nSPS) is 10.7. The van der Waals surface area contributed by atoms with Gasteiger partial charge in [0, 0.05) is 27.5 Å². The number of hydrogen-bond donors (Lipinski definition) is 1. The summed E-state index contributed by atoms with van der Waals surface area (Å²) in [5, 5.41) is 15.0. The summed E-state index contributed by atoms with van der Waals surface area (Å²) in [4.78, 5) is 17.0. The van der Waals surface area contributed by atoms with Crippen molar-refractivity contribution < 1.29 is 4.79 Å². The molecule has 23 heavy (non-hydrogen) atoms. The SMILES string of the molecule is O=C(Cn1cnnn1)Nc1ncc(Cc2cc(Cl)cc(Cl)c2)s1. The molecule has 0 bridgehead atoms. The number of benzene rings is 1. The number of carbonyl (C=O) groups excluding carboxylic acids is 1. The van der Waals surface area contributed by atoms with Gasteiger partial charge in [-0.05, 0) is 34.2 Å². The van der Waals surface area contributed by atoms with E-state index in [2.05, 4.69) is 25.8 Å². The predicted octanol–water partition coefficient (Wildman–Crippen LogP) is 2.67. The van der Waals surface area contributed by atoms with Crippen LogP contribution in [0.5, 0.6) is 0 Å². The second-order valence-electron chi connectivity index (χ2n) is 4.64. The number of halogens is 2. The lowest BCUT2D eigenvalue weighted by Crippen LogP contribution is -2.18. The molecular weight excluding hydrogens is 359 g/mol. The Balaban J connectivity index is 1.62. The molecule has 0 radical (unpaired) electrons. The van der Waals surface area contributed by atoms with Gasteiger partial charge in [0.2, 0.25) is 5.91 Å². The van der Waals surface area contributed by atoms with Gasteiger partial charge in [-0.15, -0.1) is 16.4 Å². The van der Waals surface area contributed by atoms with Crippen molar-refractivity contribution in [1.82, 2.24) is 25.2 Å². The lowest BCUT2D eigenvalue weighted by Gasteiger charge is -2.01. The molecule has 0 saturated heterocycles. The topological polar surface area (TPSA) is 85.6 Å². The van der Waals surface area contributed by atoms with Crippen molar-refractivity contribution in [1.29, 1.82) is 0 Å². The quantitative estimate of drug-likeness (QED) is 0.747. The molecule has 0 fully saturated rings. The minimum Gasteiger partial charge on any atom is -0.300 e. The molecule has 2 aromatic heterocycles. The predicted molar refractivity (Wildman–Crippen MR) is 87.8 cm³/mol. The van der Waals surface area contributed by atoms with Crippen LogP contribution >= 0.6 is 34.5 Å². The number of tetrazole rings is 1. The smallest absolute Gasteiger partial charge is 0.248 e. The van der Waals surface area contributed by atoms with Gasteiger partial charge in [0.15, 0.2) is 5.13 Å². The highest BCUT2D eigenvalue weighted by molar-refractivity contribution is 7.15. The Bertz CT molecular complexity index is 799. The van der Waals surface area contributed by atoms with E-state index < -0.39 is 0 Å². The van der Waals surface area contributed by atoms with Gasteiger partial charge in [-0.1, -0.05) is 23.2 Å². The Morgan fingerprint density at radius 2 is 2.04 bits per heavy atom. The number of rotatable bonds is 5. The van der Waals surface area contributed by atoms with E-state index in [4.69, 9.17) is 23.2 Å². The Hall–Kier alpha value is -2.03. The third kappa shape index (κ3) is 4.47. The van der Waals surface area contributed by atoms with Crippen molar-refractivity contribution in [3.8, 4) is 0 Å². The van der Waals surface area contributed by atoms with E-state index in [9.17, 15) is 4.79 Å². The van der Waals surface area contributed by atoms with Crippen LogP contribution in [0.3, 0.4) is 0 Å². The van der Waals surface area contributed by atoms with Crippen molar-refractivity contribution in [3.05, 3.63) is 51.2 Å². The molecule has 0 aliphatic heterocycles. The van der Waals surface area contributed by atoms with Gasteiger partial charge in [0.05, 0.1) is 0 Å². The van der Waals surface area contributed by atoms with Gasteiger partial charge in [0.25, 0.3) is 0 Å². The number of thiazole rings is 1. The van der Waals surface area contributed by atoms with Crippen molar-refractivity contribution in [2.75, 3.05) is 5.32 Å². The van der Waals surface area contributed by atoms with Gasteiger partial charge >= 0.3 is 0 Å². The number of nitrogens with zero attached hydrogens (tertiary/aromatic N) is 5. The lowest BCUT2D eigenvalue weighted by molar-refractivity contribution is -0.116. The van der Waals surface area contributed by atoms with E-state index in [1.54, 1.807) is 12.3 Å². The van der Waals surface area contributed by atoms with E-state index in [1.807, 2.05) is 12.1 Å². The first-order chi connectivity index (χ1) is 11.1. The van der Waals surface area contributed by atoms with Crippen molar-refractivity contribution in [2.45, 2.75) is 13.0 Å². The number of nitrogens with one attached hydrogen (secondary N) is 1. The molecule has 7 nitrogen and oxygen atoms in total. The first kappa shape index (κ1) is 15.9. The Kier molecular flexibility index (Phi) is 4.85. The molecular formula is C13H10Cl2N6OS. The van der Waals surface area contributed by atoms with E-state index in [-0.39, 0.29) is 12.5 Å². The molecule has 0 saturated carbocycles. The third-order valence-corrected chi connectivity index (χ3v) is 4.15. The highest BCUT2D eigenvalue weighted by Gasteiger charge is 2.09. The fraction of sp³-hybridized carbons (Fsp3) is 0.154. The van der Waals surface area contributed by atoms with Crippen LogP contribution in [0.15, 0.2) is 30.7 Å². The summed E-state index contributed by atoms with van der Waals surface area (Å²) < 4.78 is 1.33. The Morgan fingerprint density at radius 1 is 1.26 bits per heavy atom. The highest BCUT2D eigenvalue weighted by Crippen LogP contribution is 2.25. The molecule has 0 aliphatic rings. The van der Waals surface area contributed by atoms with Gasteiger partial charge in [0.1, 0.15) is 12.9 Å². The summed E-state index contributed by atoms with van der Waals surface area (Å²) in [5.41, 5.74) is 0.984. The summed E-state index contributed by atoms with van der Waals surface area (Å²) >= 11 is 13.4. The number of hydrogen-bond acceptors (Lipinski definition) is 6. The zero-order valence-corrected chi connectivity index (χ0v) is 13.9. The van der Waals surface area contributed by atoms with E-state index in [1.165, 1.54) is 22.3 Å². The number of carbonyl (C=O) groups is 1. The standard InChI is InChI=1S/C13H10Cl2N6OS/c14-9-1-8(2-10(15)4-9)3-11-5-16-13(23-11)18-12(22)6-21-7-17-19-20-21/h1-2,4-5,7H,3,6H2,(H,16,18,22). The third-order valence-electron chi connectivity index (χ3n) is 2.80. The zero-order valence-electron chi connectivity index (χ0n) is 11.6. The van der Waals surface area contributed by atoms with E-state index in [0.29, 0.717) is 21.6 Å². The molecule has 10 heteroatoms. The molecule has 118 valence electrons. The van der Waals surface area contributed by atoms with Crippen LogP contribution in [0, 0.1) is 0 Å². The maximum absolute atomic E-state index is 11.8. The second-order valence-corrected chi connectivity index (χ2v) is 6.63. The zero-order chi connectivity index (χ0) is 16.2. The maximum Gasteiger partial charge on any atom is 0.248 e. The van der Waals surface area contributed by atoms with Crippen LogP contribution in [-0.4, -0.2) is 31.1 Å². The first-order valence-corrected chi connectivity index (χ1v) is 8.06. The molecule has 0 spiro atoms. The summed E-state index contributed by atoms with van der Waals surface area (Å²) in [7, 11) is 0. The molecule has 0 aliphatic carbocycles. The summed E-state index contributed by atoms with van der Waals surface area (Å²) in [6.45, 7) is 0.0335. The second kappa shape index (κ2) is 7.03. The molecule has 2 heterocycles. The number of amides is 1. The monoisotopic (exact) mass is 368 g/mol. The molecule has 3 rings (SSSR count). The molecule has 0 unspecified atom stereocenters. The van der Waals surface area contributed by atoms with E-state index >= 15 is 0 Å². The summed E-state index contributed by atoms with van der Waals surface area (Å²) in [6.07, 6.45) is 3.72. The molecule has 1 N–H and O–H groups in total. The van der Waals surface area contributed by atoms with Crippen LogP contribution in [-0.2, 0) is 17.8 Å². The lowest BCUT2D eigenvalue weighted by atomic mass is 10.1. The largest absolute Gasteiger partial charge is 0.300 e. The average molecular weight is 369 g/mol. The van der Waals surface area contributed by atoms with Gasteiger partial charge < -0.3 is 5.32 Å². The molecule has 0 atom stereocenters. The maximum atomic E-state index is 11.8.